The molecule has 0 heterocycles. The Hall–Kier alpha value is -2.62. The SMILES string of the molecule is COc1cc(/C=C/C(=O)OC2[C@H](O)CC(O)(C(=O)O)C[C@H]2O)ccc1O. The number of hydrogen-bond donors (Lipinski definition) is 5. The van der Waals surface area contributed by atoms with E-state index in [1.807, 2.05) is 0 Å². The lowest BCUT2D eigenvalue weighted by atomic mass is 9.79. The number of ether oxygens (including phenoxy) is 2. The maximum Gasteiger partial charge on any atom is 0.335 e. The van der Waals surface area contributed by atoms with Gasteiger partial charge in [-0.3, -0.25) is 0 Å². The molecule has 1 aliphatic carbocycles. The first-order chi connectivity index (χ1) is 12.2. The number of carbonyl (C=O) groups excluding carboxylic acids is 1. The second-order valence-electron chi connectivity index (χ2n) is 6.05. The van der Waals surface area contributed by atoms with Gasteiger partial charge in [0.05, 0.1) is 19.3 Å². The van der Waals surface area contributed by atoms with Crippen LogP contribution in [0.2, 0.25) is 0 Å². The summed E-state index contributed by atoms with van der Waals surface area (Å²) in [4.78, 5) is 22.9. The number of carbonyl (C=O) groups is 2. The summed E-state index contributed by atoms with van der Waals surface area (Å²) in [5.74, 6) is -2.29. The maximum atomic E-state index is 11.9. The summed E-state index contributed by atoms with van der Waals surface area (Å²) in [5, 5.41) is 48.2. The largest absolute Gasteiger partial charge is 0.504 e. The number of benzene rings is 1. The van der Waals surface area contributed by atoms with Gasteiger partial charge in [0.15, 0.2) is 23.2 Å². The lowest BCUT2D eigenvalue weighted by Crippen LogP contribution is -2.57. The van der Waals surface area contributed by atoms with Crippen LogP contribution in [-0.2, 0) is 14.3 Å². The summed E-state index contributed by atoms with van der Waals surface area (Å²) in [6, 6.07) is 4.39. The Labute approximate surface area is 148 Å². The van der Waals surface area contributed by atoms with Crippen LogP contribution in [0.15, 0.2) is 24.3 Å². The molecule has 26 heavy (non-hydrogen) atoms. The number of hydrogen-bond acceptors (Lipinski definition) is 8. The average molecular weight is 368 g/mol. The molecule has 0 radical (unpaired) electrons. The predicted octanol–water partition coefficient (Wildman–Crippen LogP) is -0.343. The van der Waals surface area contributed by atoms with E-state index in [1.165, 1.54) is 31.4 Å². The van der Waals surface area contributed by atoms with E-state index in [1.54, 1.807) is 0 Å². The molecule has 0 spiro atoms. The molecule has 0 aliphatic heterocycles. The summed E-state index contributed by atoms with van der Waals surface area (Å²) >= 11 is 0. The molecule has 9 heteroatoms. The normalized spacial score (nSPS) is 28.7. The molecule has 0 unspecified atom stereocenters. The summed E-state index contributed by atoms with van der Waals surface area (Å²) < 4.78 is 9.92. The molecular weight excluding hydrogens is 348 g/mol. The number of aliphatic hydroxyl groups excluding tert-OH is 2. The zero-order valence-corrected chi connectivity index (χ0v) is 13.9. The van der Waals surface area contributed by atoms with Crippen molar-refractivity contribution in [3.8, 4) is 11.5 Å². The van der Waals surface area contributed by atoms with Crippen LogP contribution >= 0.6 is 0 Å². The second kappa shape index (κ2) is 7.73. The minimum absolute atomic E-state index is 0.0633. The molecule has 1 aliphatic rings. The molecule has 0 bridgehead atoms. The third-order valence-electron chi connectivity index (χ3n) is 4.12. The van der Waals surface area contributed by atoms with E-state index >= 15 is 0 Å². The van der Waals surface area contributed by atoms with Gasteiger partial charge in [0.25, 0.3) is 0 Å². The standard InChI is InChI=1S/C17H20O9/c1-25-13-6-9(2-4-10(13)18)3-5-14(21)26-15-11(19)7-17(24,16(22)23)8-12(15)20/h2-6,11-12,15,18-20,24H,7-8H2,1H3,(H,22,23)/b5-3+/t11-,12-,15?,17?/m1/s1. The van der Waals surface area contributed by atoms with E-state index in [0.717, 1.165) is 6.08 Å². The predicted molar refractivity (Wildman–Crippen MR) is 87.4 cm³/mol. The fourth-order valence-electron chi connectivity index (χ4n) is 2.73. The number of methoxy groups -OCH3 is 1. The summed E-state index contributed by atoms with van der Waals surface area (Å²) in [5.41, 5.74) is -1.75. The Kier molecular flexibility index (Phi) is 5.86. The highest BCUT2D eigenvalue weighted by Gasteiger charge is 2.50. The van der Waals surface area contributed by atoms with Crippen LogP contribution < -0.4 is 4.74 Å². The zero-order valence-electron chi connectivity index (χ0n) is 13.9. The topological polar surface area (TPSA) is 154 Å². The molecule has 1 fully saturated rings. The smallest absolute Gasteiger partial charge is 0.335 e. The fourth-order valence-corrected chi connectivity index (χ4v) is 2.73. The third-order valence-corrected chi connectivity index (χ3v) is 4.12. The number of phenolic OH excluding ortho intramolecular Hbond substituents is 1. The van der Waals surface area contributed by atoms with Crippen molar-refractivity contribution >= 4 is 18.0 Å². The first-order valence-electron chi connectivity index (χ1n) is 7.74. The molecule has 0 aromatic heterocycles. The van der Waals surface area contributed by atoms with Gasteiger partial charge in [-0.05, 0) is 23.8 Å². The monoisotopic (exact) mass is 368 g/mol. The number of esters is 1. The lowest BCUT2D eigenvalue weighted by Gasteiger charge is -2.39. The number of carboxylic acid groups (broad SMARTS) is 1. The van der Waals surface area contributed by atoms with Crippen molar-refractivity contribution in [3.63, 3.8) is 0 Å². The van der Waals surface area contributed by atoms with Crippen molar-refractivity contribution in [3.05, 3.63) is 29.8 Å². The Morgan fingerprint density at radius 1 is 1.23 bits per heavy atom. The van der Waals surface area contributed by atoms with Gasteiger partial charge in [-0.1, -0.05) is 6.07 Å². The van der Waals surface area contributed by atoms with Crippen molar-refractivity contribution in [1.82, 2.24) is 0 Å². The molecule has 2 rings (SSSR count). The van der Waals surface area contributed by atoms with Crippen LogP contribution in [0.5, 0.6) is 11.5 Å². The Bertz CT molecular complexity index is 700. The van der Waals surface area contributed by atoms with Crippen molar-refractivity contribution in [2.75, 3.05) is 7.11 Å². The van der Waals surface area contributed by atoms with Crippen LogP contribution in [0.1, 0.15) is 18.4 Å². The minimum Gasteiger partial charge on any atom is -0.504 e. The van der Waals surface area contributed by atoms with Gasteiger partial charge in [0, 0.05) is 18.9 Å². The first kappa shape index (κ1) is 19.7. The molecule has 142 valence electrons. The van der Waals surface area contributed by atoms with Crippen LogP contribution in [0.4, 0.5) is 0 Å². The highest BCUT2D eigenvalue weighted by Crippen LogP contribution is 2.31. The van der Waals surface area contributed by atoms with Crippen molar-refractivity contribution in [1.29, 1.82) is 0 Å². The highest BCUT2D eigenvalue weighted by molar-refractivity contribution is 5.87. The van der Waals surface area contributed by atoms with E-state index in [4.69, 9.17) is 14.6 Å². The molecule has 0 saturated heterocycles. The van der Waals surface area contributed by atoms with Crippen molar-refractivity contribution < 1.29 is 44.6 Å². The Morgan fingerprint density at radius 3 is 2.38 bits per heavy atom. The molecule has 0 amide bonds. The minimum atomic E-state index is -2.28. The lowest BCUT2D eigenvalue weighted by molar-refractivity contribution is -0.196. The molecule has 1 aromatic carbocycles. The van der Waals surface area contributed by atoms with E-state index in [-0.39, 0.29) is 11.5 Å². The van der Waals surface area contributed by atoms with Gasteiger partial charge in [-0.25, -0.2) is 9.59 Å². The highest BCUT2D eigenvalue weighted by atomic mass is 16.6. The molecule has 2 atom stereocenters. The van der Waals surface area contributed by atoms with Gasteiger partial charge >= 0.3 is 11.9 Å². The summed E-state index contributed by atoms with van der Waals surface area (Å²) in [6.45, 7) is 0. The van der Waals surface area contributed by atoms with E-state index < -0.39 is 48.7 Å². The van der Waals surface area contributed by atoms with Gasteiger partial charge in [0.1, 0.15) is 0 Å². The molecule has 9 nitrogen and oxygen atoms in total. The fraction of sp³-hybridized carbons (Fsp3) is 0.412. The van der Waals surface area contributed by atoms with E-state index in [0.29, 0.717) is 5.56 Å². The number of carboxylic acids is 1. The zero-order chi connectivity index (χ0) is 19.5. The molecule has 1 saturated carbocycles. The molecule has 1 aromatic rings. The van der Waals surface area contributed by atoms with Crippen LogP contribution in [0, 0.1) is 0 Å². The Morgan fingerprint density at radius 2 is 1.85 bits per heavy atom. The summed E-state index contributed by atoms with van der Waals surface area (Å²) in [7, 11) is 1.38. The molecule has 5 N–H and O–H groups in total. The quantitative estimate of drug-likeness (QED) is 0.347. The van der Waals surface area contributed by atoms with Gasteiger partial charge in [-0.2, -0.15) is 0 Å². The number of phenols is 1. The van der Waals surface area contributed by atoms with Crippen LogP contribution in [-0.4, -0.2) is 68.5 Å². The van der Waals surface area contributed by atoms with Gasteiger partial charge in [-0.15, -0.1) is 0 Å². The average Bonchev–Trinajstić information content (AvgIpc) is 2.57. The first-order valence-corrected chi connectivity index (χ1v) is 7.74. The molecular formula is C17H20O9. The second-order valence-corrected chi connectivity index (χ2v) is 6.05. The number of aromatic hydroxyl groups is 1. The van der Waals surface area contributed by atoms with E-state index in [2.05, 4.69) is 0 Å². The maximum absolute atomic E-state index is 11.9. The summed E-state index contributed by atoms with van der Waals surface area (Å²) in [6.07, 6.45) is -3.16. The van der Waals surface area contributed by atoms with E-state index in [9.17, 15) is 30.0 Å². The van der Waals surface area contributed by atoms with Crippen LogP contribution in [0.3, 0.4) is 0 Å². The Balaban J connectivity index is 2.02. The van der Waals surface area contributed by atoms with Gasteiger partial charge < -0.3 is 35.0 Å². The van der Waals surface area contributed by atoms with Crippen molar-refractivity contribution in [2.24, 2.45) is 0 Å². The number of rotatable bonds is 5. The third kappa shape index (κ3) is 4.31. The van der Waals surface area contributed by atoms with Gasteiger partial charge in [0.2, 0.25) is 0 Å². The van der Waals surface area contributed by atoms with Crippen LogP contribution in [0.25, 0.3) is 6.08 Å². The van der Waals surface area contributed by atoms with Crippen molar-refractivity contribution in [2.45, 2.75) is 36.8 Å². The number of aliphatic carboxylic acids is 1. The number of aliphatic hydroxyl groups is 3.